The minimum atomic E-state index is -0.694. The smallest absolute Gasteiger partial charge is 0.407 e. The molecule has 1 amide bonds. The van der Waals surface area contributed by atoms with E-state index in [9.17, 15) is 14.9 Å². The van der Waals surface area contributed by atoms with Gasteiger partial charge in [-0.25, -0.2) is 9.59 Å². The van der Waals surface area contributed by atoms with Crippen molar-refractivity contribution in [1.82, 2.24) is 5.32 Å². The van der Waals surface area contributed by atoms with Crippen molar-refractivity contribution < 1.29 is 28.5 Å². The quantitative estimate of drug-likeness (QED) is 0.0694. The number of halogens is 1. The Labute approximate surface area is 262 Å². The van der Waals surface area contributed by atoms with Crippen molar-refractivity contribution in [2.75, 3.05) is 56.9 Å². The summed E-state index contributed by atoms with van der Waals surface area (Å²) in [6.07, 6.45) is 7.53. The number of allylic oxidation sites excluding steroid dienone is 1. The Morgan fingerprint density at radius 1 is 1.05 bits per heavy atom. The Morgan fingerprint density at radius 3 is 2.42 bits per heavy atom. The van der Waals surface area contributed by atoms with Crippen molar-refractivity contribution in [1.29, 1.82) is 5.26 Å². The maximum atomic E-state index is 12.4. The summed E-state index contributed by atoms with van der Waals surface area (Å²) in [7, 11) is 0. The van der Waals surface area contributed by atoms with Gasteiger partial charge in [0.1, 0.15) is 23.9 Å². The van der Waals surface area contributed by atoms with E-state index in [4.69, 9.17) is 30.5 Å². The van der Waals surface area contributed by atoms with Gasteiger partial charge in [-0.1, -0.05) is 25.0 Å². The van der Waals surface area contributed by atoms with Crippen LogP contribution in [0.5, 0.6) is 0 Å². The Bertz CT molecular complexity index is 1170. The van der Waals surface area contributed by atoms with Crippen LogP contribution in [0.3, 0.4) is 0 Å². The Kier molecular flexibility index (Phi) is 15.1. The fourth-order valence-electron chi connectivity index (χ4n) is 4.72. The average Bonchev–Trinajstić information content (AvgIpc) is 2.92. The molecule has 1 aromatic rings. The summed E-state index contributed by atoms with van der Waals surface area (Å²) in [6, 6.07) is 7.73. The lowest BCUT2D eigenvalue weighted by molar-refractivity contribution is -0.149. The van der Waals surface area contributed by atoms with Crippen molar-refractivity contribution in [3.63, 3.8) is 0 Å². The third kappa shape index (κ3) is 13.0. The van der Waals surface area contributed by atoms with E-state index in [1.54, 1.807) is 26.8 Å². The molecular weight excluding hydrogens is 570 g/mol. The van der Waals surface area contributed by atoms with Gasteiger partial charge < -0.3 is 29.2 Å². The number of alkyl halides is 1. The molecule has 0 spiro atoms. The van der Waals surface area contributed by atoms with Crippen LogP contribution >= 0.6 is 11.6 Å². The van der Waals surface area contributed by atoms with E-state index in [0.717, 1.165) is 54.7 Å². The lowest BCUT2D eigenvalue weighted by atomic mass is 9.88. The first kappa shape index (κ1) is 36.1. The first-order chi connectivity index (χ1) is 20.4. The van der Waals surface area contributed by atoms with E-state index >= 15 is 0 Å². The number of unbranched alkanes of at least 4 members (excludes halogenated alkanes) is 3. The number of hydrogen-bond donors (Lipinski definition) is 1. The molecule has 1 N–H and O–H groups in total. The highest BCUT2D eigenvalue weighted by atomic mass is 35.5. The van der Waals surface area contributed by atoms with Gasteiger partial charge in [0.2, 0.25) is 0 Å². The molecule has 0 atom stereocenters. The van der Waals surface area contributed by atoms with Gasteiger partial charge in [-0.3, -0.25) is 0 Å². The largest absolute Gasteiger partial charge is 0.456 e. The zero-order chi connectivity index (χ0) is 31.9. The van der Waals surface area contributed by atoms with Crippen molar-refractivity contribution in [3.05, 3.63) is 41.0 Å². The molecule has 10 heteroatoms. The number of anilines is 1. The molecular formula is C33H48ClN3O6. The number of carbonyl (C=O) groups excluding carboxylic acids is 2. The second kappa shape index (κ2) is 17.9. The molecule has 0 unspecified atom stereocenters. The van der Waals surface area contributed by atoms with E-state index in [1.807, 2.05) is 31.2 Å². The predicted octanol–water partition coefficient (Wildman–Crippen LogP) is 6.50. The average molecular weight is 618 g/mol. The number of amides is 1. The molecule has 1 aliphatic heterocycles. The molecule has 1 aromatic carbocycles. The lowest BCUT2D eigenvalue weighted by Gasteiger charge is -2.43. The van der Waals surface area contributed by atoms with Crippen LogP contribution in [0.1, 0.15) is 78.4 Å². The fourth-order valence-corrected chi connectivity index (χ4v) is 4.90. The topological polar surface area (TPSA) is 110 Å². The maximum Gasteiger partial charge on any atom is 0.407 e. The molecule has 43 heavy (non-hydrogen) atoms. The Balaban J connectivity index is 1.84. The summed E-state index contributed by atoms with van der Waals surface area (Å²) < 4.78 is 21.8. The maximum absolute atomic E-state index is 12.4. The van der Waals surface area contributed by atoms with Crippen LogP contribution in [0, 0.1) is 11.3 Å². The van der Waals surface area contributed by atoms with Crippen LogP contribution < -0.4 is 10.2 Å². The van der Waals surface area contributed by atoms with Gasteiger partial charge in [-0.15, -0.1) is 11.6 Å². The number of esters is 1. The van der Waals surface area contributed by atoms with Crippen molar-refractivity contribution in [2.24, 2.45) is 0 Å². The van der Waals surface area contributed by atoms with E-state index in [1.165, 1.54) is 0 Å². The number of nitrogens with one attached hydrogen (secondary N) is 1. The van der Waals surface area contributed by atoms with Crippen LogP contribution in [0.25, 0.3) is 11.6 Å². The number of nitrogens with zero attached hydrogens (tertiary/aromatic N) is 2. The van der Waals surface area contributed by atoms with Crippen LogP contribution in [-0.2, 0) is 23.7 Å². The van der Waals surface area contributed by atoms with Crippen molar-refractivity contribution >= 4 is 41.0 Å². The molecule has 9 nitrogen and oxygen atoms in total. The fraction of sp³-hybridized carbons (Fsp3) is 0.606. The summed E-state index contributed by atoms with van der Waals surface area (Å²) in [6.45, 7) is 14.7. The van der Waals surface area contributed by atoms with E-state index in [2.05, 4.69) is 30.1 Å². The SMILES string of the molecule is CC1=CC(C)(C)N(CCOC(=O)NCCOCCOCCCCCCCl)c2ccc(/C=C(\C#N)C(=O)OC(C)(C)C)cc21. The molecule has 0 saturated heterocycles. The Hall–Kier alpha value is -3.06. The third-order valence-corrected chi connectivity index (χ3v) is 6.93. The minimum absolute atomic E-state index is 0.0628. The molecule has 1 heterocycles. The molecule has 0 bridgehead atoms. The summed E-state index contributed by atoms with van der Waals surface area (Å²) >= 11 is 5.67. The Morgan fingerprint density at radius 2 is 1.74 bits per heavy atom. The molecule has 0 saturated carbocycles. The first-order valence-corrected chi connectivity index (χ1v) is 15.5. The van der Waals surface area contributed by atoms with Gasteiger partial charge in [0.05, 0.1) is 31.9 Å². The second-order valence-corrected chi connectivity index (χ2v) is 12.3. The molecule has 1 aliphatic rings. The van der Waals surface area contributed by atoms with Crippen LogP contribution in [0.15, 0.2) is 29.8 Å². The summed E-state index contributed by atoms with van der Waals surface area (Å²) in [5, 5.41) is 12.3. The lowest BCUT2D eigenvalue weighted by Crippen LogP contribution is -2.47. The molecule has 0 radical (unpaired) electrons. The molecule has 238 valence electrons. The van der Waals surface area contributed by atoms with Gasteiger partial charge in [-0.05, 0) is 83.7 Å². The van der Waals surface area contributed by atoms with Crippen molar-refractivity contribution in [2.45, 2.75) is 78.4 Å². The molecule has 0 aliphatic carbocycles. The highest BCUT2D eigenvalue weighted by molar-refractivity contribution is 6.17. The van der Waals surface area contributed by atoms with E-state index < -0.39 is 17.7 Å². The number of nitriles is 1. The number of hydrogen-bond acceptors (Lipinski definition) is 8. The van der Waals surface area contributed by atoms with Gasteiger partial charge in [0.15, 0.2) is 0 Å². The van der Waals surface area contributed by atoms with Crippen molar-refractivity contribution in [3.8, 4) is 6.07 Å². The summed E-state index contributed by atoms with van der Waals surface area (Å²) in [5.41, 5.74) is 2.68. The second-order valence-electron chi connectivity index (χ2n) is 12.0. The number of carbonyl (C=O) groups is 2. The third-order valence-electron chi connectivity index (χ3n) is 6.66. The van der Waals surface area contributed by atoms with Gasteiger partial charge in [0.25, 0.3) is 0 Å². The minimum Gasteiger partial charge on any atom is -0.456 e. The molecule has 0 fully saturated rings. The number of alkyl carbamates (subject to hydrolysis) is 1. The number of fused-ring (bicyclic) bond motifs is 1. The van der Waals surface area contributed by atoms with Crippen LogP contribution in [-0.4, -0.2) is 75.2 Å². The van der Waals surface area contributed by atoms with Gasteiger partial charge >= 0.3 is 12.1 Å². The van der Waals surface area contributed by atoms with Crippen LogP contribution in [0.2, 0.25) is 0 Å². The number of rotatable bonds is 17. The first-order valence-electron chi connectivity index (χ1n) is 15.0. The predicted molar refractivity (Wildman–Crippen MR) is 171 cm³/mol. The van der Waals surface area contributed by atoms with E-state index in [-0.39, 0.29) is 17.7 Å². The van der Waals surface area contributed by atoms with Gasteiger partial charge in [-0.2, -0.15) is 5.26 Å². The zero-order valence-corrected chi connectivity index (χ0v) is 27.3. The number of benzene rings is 1. The standard InChI is InChI=1S/C33H48ClN3O6/c1-25-23-33(5,6)37(15-18-42-31(39)36-14-17-41-20-19-40-16-10-8-7-9-13-34)29-12-11-26(22-28(25)29)21-27(24-35)30(38)43-32(2,3)4/h11-12,21-23H,7-10,13-20H2,1-6H3,(H,36,39)/b27-21+. The monoisotopic (exact) mass is 617 g/mol. The summed E-state index contributed by atoms with van der Waals surface area (Å²) in [5.74, 6) is 0.0593. The molecule has 0 aromatic heterocycles. The highest BCUT2D eigenvalue weighted by Gasteiger charge is 2.31. The zero-order valence-electron chi connectivity index (χ0n) is 26.6. The summed E-state index contributed by atoms with van der Waals surface area (Å²) in [4.78, 5) is 26.8. The molecule has 2 rings (SSSR count). The van der Waals surface area contributed by atoms with Crippen LogP contribution in [0.4, 0.5) is 10.5 Å². The van der Waals surface area contributed by atoms with E-state index in [0.29, 0.717) is 38.8 Å². The number of ether oxygens (including phenoxy) is 4. The highest BCUT2D eigenvalue weighted by Crippen LogP contribution is 2.39. The van der Waals surface area contributed by atoms with Gasteiger partial charge in [0, 0.05) is 30.3 Å². The normalized spacial score (nSPS) is 14.4.